The van der Waals surface area contributed by atoms with Gasteiger partial charge in [-0.1, -0.05) is 367 Å². The minimum Gasteiger partial charge on any atom is -0.462 e. The van der Waals surface area contributed by atoms with E-state index in [0.29, 0.717) is 12.8 Å². The molecule has 0 heterocycles. The van der Waals surface area contributed by atoms with E-state index in [2.05, 4.69) is 123 Å². The van der Waals surface area contributed by atoms with Crippen LogP contribution in [0.2, 0.25) is 0 Å². The molecule has 0 aromatic heterocycles. The number of esters is 2. The highest BCUT2D eigenvalue weighted by molar-refractivity contribution is 5.70. The van der Waals surface area contributed by atoms with Crippen LogP contribution in [0.1, 0.15) is 354 Å². The molecule has 0 radical (unpaired) electrons. The van der Waals surface area contributed by atoms with Crippen LogP contribution in [0.4, 0.5) is 0 Å². The summed E-state index contributed by atoms with van der Waals surface area (Å²) < 4.78 is 10.7. The van der Waals surface area contributed by atoms with E-state index in [1.165, 1.54) is 225 Å². The molecule has 0 spiro atoms. The van der Waals surface area contributed by atoms with E-state index in [0.717, 1.165) is 103 Å². The van der Waals surface area contributed by atoms with Crippen LogP contribution in [0, 0.1) is 0 Å². The molecule has 0 saturated heterocycles. The molecule has 0 aliphatic carbocycles. The lowest BCUT2D eigenvalue weighted by atomic mass is 10.0. The first-order chi connectivity index (χ1) is 41.1. The Morgan fingerprint density at radius 3 is 0.783 bits per heavy atom. The Kier molecular flexibility index (Phi) is 69.8. The predicted molar refractivity (Wildman–Crippen MR) is 366 cm³/mol. The van der Waals surface area contributed by atoms with Crippen molar-refractivity contribution in [2.75, 3.05) is 13.2 Å². The van der Waals surface area contributed by atoms with Crippen LogP contribution in [0.5, 0.6) is 0 Å². The third-order valence-corrected chi connectivity index (χ3v) is 15.8. The predicted octanol–water partition coefficient (Wildman–Crippen LogP) is 25.2. The van der Waals surface area contributed by atoms with E-state index >= 15 is 0 Å². The van der Waals surface area contributed by atoms with Gasteiger partial charge >= 0.3 is 11.9 Å². The largest absolute Gasteiger partial charge is 0.462 e. The number of allylic oxidation sites excluding steroid dienone is 18. The normalized spacial score (nSPS) is 12.9. The van der Waals surface area contributed by atoms with Crippen molar-refractivity contribution < 1.29 is 24.2 Å². The van der Waals surface area contributed by atoms with Gasteiger partial charge in [-0.2, -0.15) is 0 Å². The molecular formula is C78H136O5. The molecule has 0 saturated carbocycles. The van der Waals surface area contributed by atoms with Gasteiger partial charge in [-0.05, 0) is 83.5 Å². The Morgan fingerprint density at radius 2 is 0.518 bits per heavy atom. The number of hydrogen-bond acceptors (Lipinski definition) is 5. The average molecular weight is 1150 g/mol. The van der Waals surface area contributed by atoms with E-state index in [-0.39, 0.29) is 25.2 Å². The third kappa shape index (κ3) is 71.0. The van der Waals surface area contributed by atoms with Crippen molar-refractivity contribution in [3.05, 3.63) is 109 Å². The quantitative estimate of drug-likeness (QED) is 0.0373. The summed E-state index contributed by atoms with van der Waals surface area (Å²) >= 11 is 0. The number of unbranched alkanes of at least 4 members (excludes halogenated alkanes) is 40. The van der Waals surface area contributed by atoms with Gasteiger partial charge in [-0.15, -0.1) is 0 Å². The van der Waals surface area contributed by atoms with Gasteiger partial charge in [0.15, 0.2) is 6.10 Å². The monoisotopic (exact) mass is 1150 g/mol. The van der Waals surface area contributed by atoms with Gasteiger partial charge in [0.2, 0.25) is 0 Å². The molecule has 1 unspecified atom stereocenters. The summed E-state index contributed by atoms with van der Waals surface area (Å²) in [6, 6.07) is 0. The zero-order valence-corrected chi connectivity index (χ0v) is 54.9. The van der Waals surface area contributed by atoms with Gasteiger partial charge in [0.25, 0.3) is 0 Å². The topological polar surface area (TPSA) is 72.8 Å². The first kappa shape index (κ1) is 79.6. The molecule has 5 heteroatoms. The molecule has 1 N–H and O–H groups in total. The highest BCUT2D eigenvalue weighted by atomic mass is 16.6. The fraction of sp³-hybridized carbons (Fsp3) is 0.744. The fourth-order valence-corrected chi connectivity index (χ4v) is 10.5. The smallest absolute Gasteiger partial charge is 0.306 e. The van der Waals surface area contributed by atoms with Crippen LogP contribution >= 0.6 is 0 Å². The molecule has 0 bridgehead atoms. The molecule has 0 rings (SSSR count). The Balaban J connectivity index is 3.49. The molecule has 83 heavy (non-hydrogen) atoms. The fourth-order valence-electron chi connectivity index (χ4n) is 10.5. The standard InChI is InChI=1S/C78H136O5/c1-3-5-7-9-11-13-15-17-19-21-23-25-27-29-31-33-35-36-37-38-39-40-41-43-44-46-48-50-52-54-56-58-60-62-64-66-68-70-72-77(80)82-75-76(74-79)83-78(81)73-71-69-67-65-63-61-59-57-55-53-51-49-47-45-42-34-32-30-28-26-24-22-20-18-16-14-12-10-8-6-4-2/h6,8,12,14,18,20,24,26,30,32,42,45,49,51,55,57,61,63,76,79H,3-5,7,9-11,13,15-17,19,21-23,25,27-29,31,33-41,43-44,46-48,50,52-54,56,58-60,62,64-75H2,1-2H3/b8-6-,14-12-,20-18-,26-24-,32-30-,45-42-,51-49-,57-55-,63-61-. The van der Waals surface area contributed by atoms with E-state index < -0.39 is 6.10 Å². The van der Waals surface area contributed by atoms with Gasteiger partial charge in [-0.3, -0.25) is 9.59 Å². The van der Waals surface area contributed by atoms with Crippen LogP contribution in [0.15, 0.2) is 109 Å². The van der Waals surface area contributed by atoms with E-state index in [4.69, 9.17) is 9.47 Å². The van der Waals surface area contributed by atoms with E-state index in [9.17, 15) is 14.7 Å². The Morgan fingerprint density at radius 1 is 0.289 bits per heavy atom. The van der Waals surface area contributed by atoms with Crippen molar-refractivity contribution in [3.8, 4) is 0 Å². The number of carbonyl (C=O) groups excluding carboxylic acids is 2. The minimum absolute atomic E-state index is 0.0827. The lowest BCUT2D eigenvalue weighted by Crippen LogP contribution is -2.28. The van der Waals surface area contributed by atoms with Crippen LogP contribution in [-0.4, -0.2) is 36.4 Å². The average Bonchev–Trinajstić information content (AvgIpc) is 3.49. The molecule has 478 valence electrons. The van der Waals surface area contributed by atoms with Gasteiger partial charge in [0.05, 0.1) is 6.61 Å². The minimum atomic E-state index is -0.798. The molecule has 5 nitrogen and oxygen atoms in total. The summed E-state index contributed by atoms with van der Waals surface area (Å²) in [4.78, 5) is 24.6. The highest BCUT2D eigenvalue weighted by Gasteiger charge is 2.16. The second-order valence-corrected chi connectivity index (χ2v) is 23.9. The lowest BCUT2D eigenvalue weighted by molar-refractivity contribution is -0.161. The molecule has 0 fully saturated rings. The molecule has 1 atom stereocenters. The summed E-state index contributed by atoms with van der Waals surface area (Å²) in [5.74, 6) is -0.622. The van der Waals surface area contributed by atoms with Crippen LogP contribution < -0.4 is 0 Å². The van der Waals surface area contributed by atoms with Crippen molar-refractivity contribution in [1.82, 2.24) is 0 Å². The Hall–Kier alpha value is -3.44. The Labute approximate surface area is 516 Å². The molecule has 0 amide bonds. The summed E-state index contributed by atoms with van der Waals surface area (Å²) in [6.07, 6.45) is 106. The second-order valence-electron chi connectivity index (χ2n) is 23.9. The number of ether oxygens (including phenoxy) is 2. The number of rotatable bonds is 66. The lowest BCUT2D eigenvalue weighted by Gasteiger charge is -2.15. The van der Waals surface area contributed by atoms with Crippen LogP contribution in [0.3, 0.4) is 0 Å². The number of aliphatic hydroxyl groups is 1. The summed E-state index contributed by atoms with van der Waals surface area (Å²) in [5, 5.41) is 9.70. The summed E-state index contributed by atoms with van der Waals surface area (Å²) in [7, 11) is 0. The van der Waals surface area contributed by atoms with E-state index in [1.807, 2.05) is 0 Å². The first-order valence-electron chi connectivity index (χ1n) is 35.9. The van der Waals surface area contributed by atoms with Crippen molar-refractivity contribution in [1.29, 1.82) is 0 Å². The maximum absolute atomic E-state index is 12.3. The number of carbonyl (C=O) groups is 2. The first-order valence-corrected chi connectivity index (χ1v) is 35.9. The van der Waals surface area contributed by atoms with Gasteiger partial charge in [-0.25, -0.2) is 0 Å². The van der Waals surface area contributed by atoms with Gasteiger partial charge < -0.3 is 14.6 Å². The van der Waals surface area contributed by atoms with Gasteiger partial charge in [0, 0.05) is 12.8 Å². The maximum Gasteiger partial charge on any atom is 0.306 e. The third-order valence-electron chi connectivity index (χ3n) is 15.8. The SMILES string of the molecule is CC/C=C\C/C=C\C/C=C\C/C=C\C/C=C\C/C=C\C/C=C\C/C=C\C/C=C\CCCCCC(=O)OC(CO)COC(=O)CCCCCCCCCCCCCCCCCCCCCCCCCCCCCCCCCCCCCCCC. The molecule has 0 aliphatic rings. The van der Waals surface area contributed by atoms with Gasteiger partial charge in [0.1, 0.15) is 6.61 Å². The highest BCUT2D eigenvalue weighted by Crippen LogP contribution is 2.18. The Bertz CT molecular complexity index is 1590. The molecule has 0 aromatic rings. The van der Waals surface area contributed by atoms with Crippen molar-refractivity contribution in [3.63, 3.8) is 0 Å². The van der Waals surface area contributed by atoms with Crippen molar-refractivity contribution >= 4 is 11.9 Å². The zero-order valence-electron chi connectivity index (χ0n) is 54.9. The number of aliphatic hydroxyl groups excluding tert-OH is 1. The number of hydrogen-bond donors (Lipinski definition) is 1. The summed E-state index contributed by atoms with van der Waals surface area (Å²) in [5.41, 5.74) is 0. The van der Waals surface area contributed by atoms with Crippen molar-refractivity contribution in [2.45, 2.75) is 360 Å². The van der Waals surface area contributed by atoms with Crippen LogP contribution in [-0.2, 0) is 19.1 Å². The second kappa shape index (κ2) is 72.8. The molecule has 0 aromatic carbocycles. The molecular weight excluding hydrogens is 1020 g/mol. The van der Waals surface area contributed by atoms with E-state index in [1.54, 1.807) is 0 Å². The maximum atomic E-state index is 12.3. The van der Waals surface area contributed by atoms with Crippen molar-refractivity contribution in [2.24, 2.45) is 0 Å². The molecule has 0 aliphatic heterocycles. The summed E-state index contributed by atoms with van der Waals surface area (Å²) in [6.45, 7) is 4.04. The zero-order chi connectivity index (χ0) is 59.8. The van der Waals surface area contributed by atoms with Crippen LogP contribution in [0.25, 0.3) is 0 Å².